The van der Waals surface area contributed by atoms with Crippen LogP contribution in [0.1, 0.15) is 38.2 Å². The zero-order valence-corrected chi connectivity index (χ0v) is 14.4. The van der Waals surface area contributed by atoms with Gasteiger partial charge in [0, 0.05) is 19.0 Å². The minimum atomic E-state index is -1.03. The fourth-order valence-corrected chi connectivity index (χ4v) is 3.87. The topological polar surface area (TPSA) is 80.9 Å². The van der Waals surface area contributed by atoms with E-state index >= 15 is 0 Å². The number of thiazole rings is 1. The average molecular weight is 326 g/mol. The van der Waals surface area contributed by atoms with Crippen LogP contribution in [0, 0.1) is 16.7 Å². The number of carboxylic acids is 1. The minimum Gasteiger partial charge on any atom is -0.477 e. The molecule has 1 N–H and O–H groups in total. The second kappa shape index (κ2) is 5.62. The number of amides is 1. The van der Waals surface area contributed by atoms with Gasteiger partial charge in [-0.2, -0.15) is 4.99 Å². The van der Waals surface area contributed by atoms with E-state index in [1.807, 2.05) is 0 Å². The maximum absolute atomic E-state index is 12.5. The molecule has 1 aliphatic carbocycles. The molecule has 0 unspecified atom stereocenters. The molecule has 1 saturated carbocycles. The smallest absolute Gasteiger partial charge is 0.353 e. The second-order valence-electron chi connectivity index (χ2n) is 6.68. The minimum absolute atomic E-state index is 0.0855. The number of methoxy groups -OCH3 is 1. The van der Waals surface area contributed by atoms with E-state index in [0.717, 1.165) is 0 Å². The molecule has 0 saturated heterocycles. The molecule has 2 rings (SSSR count). The molecule has 1 aliphatic rings. The lowest BCUT2D eigenvalue weighted by molar-refractivity contribution is -0.120. The van der Waals surface area contributed by atoms with Crippen molar-refractivity contribution in [2.45, 2.75) is 34.2 Å². The highest BCUT2D eigenvalue weighted by molar-refractivity contribution is 7.07. The van der Waals surface area contributed by atoms with Gasteiger partial charge in [-0.25, -0.2) is 4.79 Å². The van der Waals surface area contributed by atoms with Crippen LogP contribution in [-0.2, 0) is 16.1 Å². The summed E-state index contributed by atoms with van der Waals surface area (Å²) in [6, 6.07) is 0. The summed E-state index contributed by atoms with van der Waals surface area (Å²) < 4.78 is 6.52. The summed E-state index contributed by atoms with van der Waals surface area (Å²) in [6.07, 6.45) is 0. The molecule has 0 bridgehead atoms. The molecule has 0 atom stereocenters. The molecular weight excluding hydrogens is 304 g/mol. The van der Waals surface area contributed by atoms with Crippen molar-refractivity contribution in [3.63, 3.8) is 0 Å². The van der Waals surface area contributed by atoms with E-state index in [4.69, 9.17) is 4.74 Å². The number of aromatic carboxylic acids is 1. The van der Waals surface area contributed by atoms with E-state index in [2.05, 4.69) is 32.7 Å². The van der Waals surface area contributed by atoms with Crippen molar-refractivity contribution in [3.8, 4) is 0 Å². The van der Waals surface area contributed by atoms with Crippen molar-refractivity contribution < 1.29 is 19.4 Å². The van der Waals surface area contributed by atoms with Crippen LogP contribution in [0.5, 0.6) is 0 Å². The monoisotopic (exact) mass is 326 g/mol. The summed E-state index contributed by atoms with van der Waals surface area (Å²) in [6.45, 7) is 8.94. The Labute approximate surface area is 133 Å². The quantitative estimate of drug-likeness (QED) is 0.897. The van der Waals surface area contributed by atoms with Gasteiger partial charge in [0.1, 0.15) is 5.69 Å². The van der Waals surface area contributed by atoms with E-state index in [9.17, 15) is 14.7 Å². The van der Waals surface area contributed by atoms with E-state index in [0.29, 0.717) is 18.0 Å². The van der Waals surface area contributed by atoms with Crippen molar-refractivity contribution in [1.82, 2.24) is 4.57 Å². The third-order valence-corrected chi connectivity index (χ3v) is 5.87. The van der Waals surface area contributed by atoms with E-state index in [1.165, 1.54) is 21.3 Å². The Morgan fingerprint density at radius 2 is 1.95 bits per heavy atom. The predicted molar refractivity (Wildman–Crippen MR) is 82.8 cm³/mol. The van der Waals surface area contributed by atoms with E-state index in [-0.39, 0.29) is 28.3 Å². The summed E-state index contributed by atoms with van der Waals surface area (Å²) in [5, 5.41) is 10.7. The van der Waals surface area contributed by atoms with Gasteiger partial charge in [0.25, 0.3) is 5.91 Å². The van der Waals surface area contributed by atoms with Crippen molar-refractivity contribution in [3.05, 3.63) is 15.9 Å². The Morgan fingerprint density at radius 3 is 2.41 bits per heavy atom. The van der Waals surface area contributed by atoms with Gasteiger partial charge in [0.2, 0.25) is 0 Å². The van der Waals surface area contributed by atoms with Gasteiger partial charge >= 0.3 is 5.97 Å². The summed E-state index contributed by atoms with van der Waals surface area (Å²) in [5.74, 6) is -1.35. The molecule has 122 valence electrons. The molecule has 1 aromatic rings. The molecule has 7 heteroatoms. The van der Waals surface area contributed by atoms with Crippen LogP contribution in [-0.4, -0.2) is 35.3 Å². The van der Waals surface area contributed by atoms with Gasteiger partial charge in [-0.1, -0.05) is 27.7 Å². The molecule has 0 aliphatic heterocycles. The Hall–Kier alpha value is -1.47. The number of ether oxygens (including phenoxy) is 1. The van der Waals surface area contributed by atoms with Crippen molar-refractivity contribution in [2.75, 3.05) is 13.7 Å². The standard InChI is InChI=1S/C15H22N2O4S/c1-14(2)10(15(14,3)4)11(18)16-13-17(6-7-21-5)9(8-22-13)12(19)20/h8,10H,6-7H2,1-5H3,(H,19,20)/b16-13-. The maximum atomic E-state index is 12.5. The first-order valence-electron chi connectivity index (χ1n) is 7.13. The third-order valence-electron chi connectivity index (χ3n) is 5.01. The first kappa shape index (κ1) is 16.9. The predicted octanol–water partition coefficient (Wildman–Crippen LogP) is 2.00. The zero-order valence-electron chi connectivity index (χ0n) is 13.5. The van der Waals surface area contributed by atoms with Gasteiger partial charge < -0.3 is 14.4 Å². The normalized spacial score (nSPS) is 20.1. The van der Waals surface area contributed by atoms with Gasteiger partial charge in [-0.3, -0.25) is 4.79 Å². The lowest BCUT2D eigenvalue weighted by Crippen LogP contribution is -2.24. The highest BCUT2D eigenvalue weighted by atomic mass is 32.1. The molecule has 0 radical (unpaired) electrons. The number of aromatic nitrogens is 1. The first-order chi connectivity index (χ1) is 10.1. The molecule has 6 nitrogen and oxygen atoms in total. The number of rotatable bonds is 5. The number of carbonyl (C=O) groups is 2. The van der Waals surface area contributed by atoms with Crippen LogP contribution in [0.2, 0.25) is 0 Å². The van der Waals surface area contributed by atoms with Crippen LogP contribution >= 0.6 is 11.3 Å². The molecule has 1 fully saturated rings. The highest BCUT2D eigenvalue weighted by Gasteiger charge is 2.68. The van der Waals surface area contributed by atoms with E-state index < -0.39 is 5.97 Å². The Balaban J connectivity index is 2.36. The van der Waals surface area contributed by atoms with Crippen molar-refractivity contribution in [1.29, 1.82) is 0 Å². The number of carboxylic acid groups (broad SMARTS) is 1. The number of hydrogen-bond donors (Lipinski definition) is 1. The third kappa shape index (κ3) is 2.63. The Morgan fingerprint density at radius 1 is 1.36 bits per heavy atom. The lowest BCUT2D eigenvalue weighted by atomic mass is 10.0. The average Bonchev–Trinajstić information content (AvgIpc) is 2.71. The number of hydrogen-bond acceptors (Lipinski definition) is 4. The Kier molecular flexibility index (Phi) is 4.32. The van der Waals surface area contributed by atoms with Crippen LogP contribution < -0.4 is 4.80 Å². The molecule has 22 heavy (non-hydrogen) atoms. The van der Waals surface area contributed by atoms with Crippen molar-refractivity contribution >= 4 is 23.2 Å². The van der Waals surface area contributed by atoms with Crippen LogP contribution in [0.3, 0.4) is 0 Å². The van der Waals surface area contributed by atoms with Gasteiger partial charge in [-0.15, -0.1) is 11.3 Å². The number of carbonyl (C=O) groups excluding carboxylic acids is 1. The molecule has 1 heterocycles. The van der Waals surface area contributed by atoms with Crippen LogP contribution in [0.25, 0.3) is 0 Å². The van der Waals surface area contributed by atoms with Gasteiger partial charge in [0.15, 0.2) is 4.80 Å². The largest absolute Gasteiger partial charge is 0.477 e. The highest BCUT2D eigenvalue weighted by Crippen LogP contribution is 2.68. The van der Waals surface area contributed by atoms with Crippen LogP contribution in [0.4, 0.5) is 0 Å². The summed E-state index contributed by atoms with van der Waals surface area (Å²) in [7, 11) is 1.55. The molecule has 1 amide bonds. The zero-order chi connectivity index (χ0) is 16.7. The second-order valence-corrected chi connectivity index (χ2v) is 7.52. The van der Waals surface area contributed by atoms with Crippen LogP contribution in [0.15, 0.2) is 10.4 Å². The molecule has 0 spiro atoms. The molecule has 1 aromatic heterocycles. The fraction of sp³-hybridized carbons (Fsp3) is 0.667. The number of nitrogens with zero attached hydrogens (tertiary/aromatic N) is 2. The summed E-state index contributed by atoms with van der Waals surface area (Å²) >= 11 is 1.17. The van der Waals surface area contributed by atoms with Gasteiger partial charge in [-0.05, 0) is 10.8 Å². The lowest BCUT2D eigenvalue weighted by Gasteiger charge is -2.05. The van der Waals surface area contributed by atoms with Gasteiger partial charge in [0.05, 0.1) is 12.5 Å². The molecule has 0 aromatic carbocycles. The summed E-state index contributed by atoms with van der Waals surface area (Å²) in [4.78, 5) is 28.3. The Bertz CT molecular complexity index is 655. The maximum Gasteiger partial charge on any atom is 0.353 e. The molecular formula is C15H22N2O4S. The fourth-order valence-electron chi connectivity index (χ4n) is 2.96. The SMILES string of the molecule is COCCn1c(C(=O)O)cs/c1=N\C(=O)C1C(C)(C)C1(C)C. The first-order valence-corrected chi connectivity index (χ1v) is 8.01. The van der Waals surface area contributed by atoms with Crippen molar-refractivity contribution in [2.24, 2.45) is 21.7 Å². The summed E-state index contributed by atoms with van der Waals surface area (Å²) in [5.41, 5.74) is -0.0433. The van der Waals surface area contributed by atoms with E-state index in [1.54, 1.807) is 7.11 Å².